The van der Waals surface area contributed by atoms with Crippen molar-refractivity contribution in [3.63, 3.8) is 0 Å². The number of carbonyl (C=O) groups excluding carboxylic acids is 1. The molecule has 5 nitrogen and oxygen atoms in total. The van der Waals surface area contributed by atoms with Crippen molar-refractivity contribution in [3.05, 3.63) is 47.6 Å². The summed E-state index contributed by atoms with van der Waals surface area (Å²) in [7, 11) is 0. The summed E-state index contributed by atoms with van der Waals surface area (Å²) in [4.78, 5) is 21.2. The minimum Gasteiger partial charge on any atom is -0.368 e. The molecule has 1 saturated carbocycles. The summed E-state index contributed by atoms with van der Waals surface area (Å²) in [5.41, 5.74) is 1.95. The molecular formula is C20H23ClN4O. The van der Waals surface area contributed by atoms with Gasteiger partial charge in [0.25, 0.3) is 0 Å². The molecule has 4 rings (SSSR count). The number of hydrogen-bond donors (Lipinski definition) is 1. The molecule has 1 aliphatic heterocycles. The summed E-state index contributed by atoms with van der Waals surface area (Å²) in [5.74, 6) is 1.27. The van der Waals surface area contributed by atoms with Gasteiger partial charge in [0.2, 0.25) is 5.91 Å². The summed E-state index contributed by atoms with van der Waals surface area (Å²) < 4.78 is 0. The lowest BCUT2D eigenvalue weighted by Gasteiger charge is -2.36. The minimum atomic E-state index is 0.126. The lowest BCUT2D eigenvalue weighted by Crippen LogP contribution is -2.46. The lowest BCUT2D eigenvalue weighted by molar-refractivity contribution is -0.122. The van der Waals surface area contributed by atoms with Gasteiger partial charge in [0, 0.05) is 42.8 Å². The number of halogens is 1. The topological polar surface area (TPSA) is 48.5 Å². The SMILES string of the molecule is O=C(Nc1ccc(N2CCN(c3cccc(Cl)c3)CC2)nc1)C1CCC1. The molecule has 1 aliphatic carbocycles. The van der Waals surface area contributed by atoms with Gasteiger partial charge in [-0.3, -0.25) is 4.79 Å². The third kappa shape index (κ3) is 3.78. The van der Waals surface area contributed by atoms with Crippen LogP contribution in [0.1, 0.15) is 19.3 Å². The standard InChI is InChI=1S/C20H23ClN4O/c21-16-5-2-6-18(13-16)24-9-11-25(12-10-24)19-8-7-17(14-22-19)23-20(26)15-3-1-4-15/h2,5-8,13-15H,1,3-4,9-12H2,(H,23,26). The van der Waals surface area contributed by atoms with E-state index in [0.717, 1.165) is 62.0 Å². The largest absolute Gasteiger partial charge is 0.368 e. The maximum atomic E-state index is 12.0. The van der Waals surface area contributed by atoms with Crippen LogP contribution in [0.5, 0.6) is 0 Å². The van der Waals surface area contributed by atoms with Gasteiger partial charge in [-0.15, -0.1) is 0 Å². The number of carbonyl (C=O) groups is 1. The molecule has 26 heavy (non-hydrogen) atoms. The second kappa shape index (κ2) is 7.54. The summed E-state index contributed by atoms with van der Waals surface area (Å²) in [6.45, 7) is 3.69. The number of aromatic nitrogens is 1. The van der Waals surface area contributed by atoms with E-state index in [2.05, 4.69) is 26.2 Å². The Hall–Kier alpha value is -2.27. The van der Waals surface area contributed by atoms with E-state index in [0.29, 0.717) is 0 Å². The van der Waals surface area contributed by atoms with E-state index in [1.165, 1.54) is 5.69 Å². The van der Waals surface area contributed by atoms with E-state index in [4.69, 9.17) is 11.6 Å². The van der Waals surface area contributed by atoms with E-state index in [-0.39, 0.29) is 11.8 Å². The van der Waals surface area contributed by atoms with Crippen LogP contribution in [0.25, 0.3) is 0 Å². The fourth-order valence-electron chi connectivity index (χ4n) is 3.43. The number of anilines is 3. The molecule has 0 radical (unpaired) electrons. The van der Waals surface area contributed by atoms with Crippen molar-refractivity contribution in [2.45, 2.75) is 19.3 Å². The maximum Gasteiger partial charge on any atom is 0.227 e. The Bertz CT molecular complexity index is 768. The van der Waals surface area contributed by atoms with Crippen LogP contribution in [0.3, 0.4) is 0 Å². The smallest absolute Gasteiger partial charge is 0.227 e. The van der Waals surface area contributed by atoms with Crippen LogP contribution in [0.2, 0.25) is 5.02 Å². The summed E-state index contributed by atoms with van der Waals surface area (Å²) >= 11 is 6.09. The molecule has 0 bridgehead atoms. The van der Waals surface area contributed by atoms with E-state index in [1.54, 1.807) is 6.20 Å². The van der Waals surface area contributed by atoms with Gasteiger partial charge >= 0.3 is 0 Å². The molecule has 1 aromatic heterocycles. The Morgan fingerprint density at radius 1 is 1.08 bits per heavy atom. The zero-order valence-electron chi connectivity index (χ0n) is 14.7. The third-order valence-electron chi connectivity index (χ3n) is 5.27. The van der Waals surface area contributed by atoms with Gasteiger partial charge in [-0.1, -0.05) is 24.1 Å². The van der Waals surface area contributed by atoms with Crippen molar-refractivity contribution in [2.75, 3.05) is 41.3 Å². The van der Waals surface area contributed by atoms with E-state index in [1.807, 2.05) is 30.3 Å². The molecule has 1 N–H and O–H groups in total. The molecule has 2 fully saturated rings. The van der Waals surface area contributed by atoms with Crippen LogP contribution in [-0.4, -0.2) is 37.1 Å². The Morgan fingerprint density at radius 2 is 1.85 bits per heavy atom. The average Bonchev–Trinajstić information content (AvgIpc) is 2.61. The van der Waals surface area contributed by atoms with Gasteiger partial charge < -0.3 is 15.1 Å². The van der Waals surface area contributed by atoms with Gasteiger partial charge in [-0.2, -0.15) is 0 Å². The highest BCUT2D eigenvalue weighted by Crippen LogP contribution is 2.28. The first-order valence-electron chi connectivity index (χ1n) is 9.21. The van der Waals surface area contributed by atoms with E-state index < -0.39 is 0 Å². The second-order valence-electron chi connectivity index (χ2n) is 6.98. The van der Waals surface area contributed by atoms with Crippen molar-refractivity contribution in [1.29, 1.82) is 0 Å². The predicted octanol–water partition coefficient (Wildman–Crippen LogP) is 3.80. The third-order valence-corrected chi connectivity index (χ3v) is 5.50. The molecular weight excluding hydrogens is 348 g/mol. The fraction of sp³-hybridized carbons (Fsp3) is 0.400. The Morgan fingerprint density at radius 3 is 2.46 bits per heavy atom. The predicted molar refractivity (Wildman–Crippen MR) is 106 cm³/mol. The first-order chi connectivity index (χ1) is 12.7. The zero-order valence-corrected chi connectivity index (χ0v) is 15.5. The van der Waals surface area contributed by atoms with E-state index >= 15 is 0 Å². The van der Waals surface area contributed by atoms with Crippen LogP contribution in [0.4, 0.5) is 17.2 Å². The number of pyridine rings is 1. The zero-order chi connectivity index (χ0) is 17.9. The molecule has 1 amide bonds. The molecule has 6 heteroatoms. The Kier molecular flexibility index (Phi) is 4.98. The molecule has 1 saturated heterocycles. The quantitative estimate of drug-likeness (QED) is 0.889. The van der Waals surface area contributed by atoms with Crippen LogP contribution in [0, 0.1) is 5.92 Å². The highest BCUT2D eigenvalue weighted by Gasteiger charge is 2.25. The number of nitrogens with zero attached hydrogens (tertiary/aromatic N) is 3. The van der Waals surface area contributed by atoms with Crippen molar-refractivity contribution in [2.24, 2.45) is 5.92 Å². The summed E-state index contributed by atoms with van der Waals surface area (Å²) in [5, 5.41) is 3.74. The second-order valence-corrected chi connectivity index (χ2v) is 7.41. The first-order valence-corrected chi connectivity index (χ1v) is 9.59. The number of hydrogen-bond acceptors (Lipinski definition) is 4. The molecule has 0 atom stereocenters. The van der Waals surface area contributed by atoms with Crippen LogP contribution in [0.15, 0.2) is 42.6 Å². The first kappa shape index (κ1) is 17.2. The molecule has 1 aromatic carbocycles. The van der Waals surface area contributed by atoms with Crippen molar-refractivity contribution < 1.29 is 4.79 Å². The van der Waals surface area contributed by atoms with Gasteiger partial charge in [0.05, 0.1) is 11.9 Å². The van der Waals surface area contributed by atoms with Gasteiger partial charge in [0.1, 0.15) is 5.82 Å². The molecule has 0 unspecified atom stereocenters. The lowest BCUT2D eigenvalue weighted by atomic mass is 9.85. The minimum absolute atomic E-state index is 0.126. The van der Waals surface area contributed by atoms with Crippen molar-refractivity contribution in [1.82, 2.24) is 4.98 Å². The van der Waals surface area contributed by atoms with Gasteiger partial charge in [0.15, 0.2) is 0 Å². The molecule has 2 aliphatic rings. The van der Waals surface area contributed by atoms with Crippen LogP contribution in [-0.2, 0) is 4.79 Å². The maximum absolute atomic E-state index is 12.0. The number of amides is 1. The van der Waals surface area contributed by atoms with Gasteiger partial charge in [-0.25, -0.2) is 4.98 Å². The van der Waals surface area contributed by atoms with Crippen LogP contribution >= 0.6 is 11.6 Å². The normalized spacial score (nSPS) is 17.7. The monoisotopic (exact) mass is 370 g/mol. The highest BCUT2D eigenvalue weighted by molar-refractivity contribution is 6.30. The molecule has 2 heterocycles. The number of nitrogens with one attached hydrogen (secondary N) is 1. The molecule has 0 spiro atoms. The number of piperazine rings is 1. The van der Waals surface area contributed by atoms with Crippen molar-refractivity contribution in [3.8, 4) is 0 Å². The van der Waals surface area contributed by atoms with E-state index in [9.17, 15) is 4.79 Å². The van der Waals surface area contributed by atoms with Crippen molar-refractivity contribution >= 4 is 34.7 Å². The molecule has 136 valence electrons. The Labute approximate surface area is 159 Å². The van der Waals surface area contributed by atoms with Gasteiger partial charge in [-0.05, 0) is 43.2 Å². The summed E-state index contributed by atoms with van der Waals surface area (Å²) in [6.07, 6.45) is 4.94. The summed E-state index contributed by atoms with van der Waals surface area (Å²) in [6, 6.07) is 11.9. The fourth-order valence-corrected chi connectivity index (χ4v) is 3.61. The van der Waals surface area contributed by atoms with Crippen LogP contribution < -0.4 is 15.1 Å². The number of rotatable bonds is 4. The Balaban J connectivity index is 1.33. The average molecular weight is 371 g/mol. The highest BCUT2D eigenvalue weighted by atomic mass is 35.5. The number of benzene rings is 1. The molecule has 2 aromatic rings.